The number of likely N-dealkylation sites (tertiary alicyclic amines) is 1. The molecule has 6 heteroatoms. The van der Waals surface area contributed by atoms with Gasteiger partial charge in [0.2, 0.25) is 0 Å². The number of nitrogens with zero attached hydrogens (tertiary/aromatic N) is 2. The molecule has 2 aromatic rings. The van der Waals surface area contributed by atoms with Gasteiger partial charge in [-0.3, -0.25) is 9.88 Å². The first-order valence-corrected chi connectivity index (χ1v) is 7.50. The Morgan fingerprint density at radius 2 is 1.96 bits per heavy atom. The predicted molar refractivity (Wildman–Crippen MR) is 81.6 cm³/mol. The molecule has 3 nitrogen and oxygen atoms in total. The van der Waals surface area contributed by atoms with Gasteiger partial charge in [0, 0.05) is 43.4 Å². The van der Waals surface area contributed by atoms with Gasteiger partial charge in [-0.15, -0.1) is 0 Å². The average Bonchev–Trinajstić information content (AvgIpc) is 2.88. The summed E-state index contributed by atoms with van der Waals surface area (Å²) in [5, 5.41) is 0. The van der Waals surface area contributed by atoms with Crippen molar-refractivity contribution in [2.24, 2.45) is 5.73 Å². The van der Waals surface area contributed by atoms with Crippen LogP contribution in [0.25, 0.3) is 0 Å². The highest BCUT2D eigenvalue weighted by Crippen LogP contribution is 2.29. The van der Waals surface area contributed by atoms with E-state index in [1.807, 2.05) is 0 Å². The van der Waals surface area contributed by atoms with Crippen molar-refractivity contribution in [3.8, 4) is 0 Å². The molecule has 1 aliphatic rings. The summed E-state index contributed by atoms with van der Waals surface area (Å²) < 4.78 is 39.0. The second kappa shape index (κ2) is 6.68. The van der Waals surface area contributed by atoms with Gasteiger partial charge in [-0.25, -0.2) is 13.2 Å². The first-order chi connectivity index (χ1) is 11.0. The Morgan fingerprint density at radius 3 is 2.61 bits per heavy atom. The number of hydrogen-bond acceptors (Lipinski definition) is 3. The topological polar surface area (TPSA) is 42.1 Å². The molecule has 23 heavy (non-hydrogen) atoms. The Labute approximate surface area is 132 Å². The Balaban J connectivity index is 1.68. The molecular weight excluding hydrogens is 303 g/mol. The van der Waals surface area contributed by atoms with Gasteiger partial charge in [0.1, 0.15) is 5.82 Å². The van der Waals surface area contributed by atoms with E-state index in [9.17, 15) is 13.2 Å². The fourth-order valence-corrected chi connectivity index (χ4v) is 3.04. The van der Waals surface area contributed by atoms with Crippen LogP contribution < -0.4 is 5.73 Å². The number of halogens is 3. The molecule has 1 saturated heterocycles. The molecule has 2 heterocycles. The molecule has 0 bridgehead atoms. The maximum atomic E-state index is 13.9. The zero-order valence-corrected chi connectivity index (χ0v) is 12.5. The third-order valence-corrected chi connectivity index (χ3v) is 4.23. The number of pyridine rings is 1. The first-order valence-electron chi connectivity index (χ1n) is 7.50. The monoisotopic (exact) mass is 321 g/mol. The summed E-state index contributed by atoms with van der Waals surface area (Å²) in [5.41, 5.74) is 7.41. The van der Waals surface area contributed by atoms with Crippen molar-refractivity contribution in [2.75, 3.05) is 13.1 Å². The summed E-state index contributed by atoms with van der Waals surface area (Å²) in [4.78, 5) is 6.14. The highest BCUT2D eigenvalue weighted by Gasteiger charge is 2.32. The minimum absolute atomic E-state index is 0.0727. The Kier molecular flexibility index (Phi) is 4.63. The molecule has 0 aliphatic carbocycles. The van der Waals surface area contributed by atoms with Crippen LogP contribution in [-0.2, 0) is 6.54 Å². The molecule has 1 aliphatic heterocycles. The van der Waals surface area contributed by atoms with Crippen LogP contribution in [0.5, 0.6) is 0 Å². The van der Waals surface area contributed by atoms with Crippen LogP contribution in [0.3, 0.4) is 0 Å². The Morgan fingerprint density at radius 1 is 1.17 bits per heavy atom. The number of hydrogen-bond donors (Lipinski definition) is 1. The molecule has 2 atom stereocenters. The lowest BCUT2D eigenvalue weighted by atomic mass is 9.94. The lowest BCUT2D eigenvalue weighted by Crippen LogP contribution is -2.29. The molecule has 0 spiro atoms. The van der Waals surface area contributed by atoms with Gasteiger partial charge in [0.25, 0.3) is 6.43 Å². The van der Waals surface area contributed by atoms with Crippen LogP contribution >= 0.6 is 0 Å². The van der Waals surface area contributed by atoms with Crippen LogP contribution in [-0.4, -0.2) is 29.0 Å². The van der Waals surface area contributed by atoms with Gasteiger partial charge < -0.3 is 5.73 Å². The van der Waals surface area contributed by atoms with E-state index in [0.29, 0.717) is 30.9 Å². The summed E-state index contributed by atoms with van der Waals surface area (Å²) in [5.74, 6) is -0.314. The third kappa shape index (κ3) is 3.54. The molecule has 1 aromatic carbocycles. The zero-order valence-electron chi connectivity index (χ0n) is 12.5. The van der Waals surface area contributed by atoms with E-state index in [1.54, 1.807) is 24.3 Å². The minimum atomic E-state index is -2.51. The van der Waals surface area contributed by atoms with Crippen molar-refractivity contribution in [3.63, 3.8) is 0 Å². The summed E-state index contributed by atoms with van der Waals surface area (Å²) in [7, 11) is 0. The Hall–Kier alpha value is -1.92. The van der Waals surface area contributed by atoms with Crippen molar-refractivity contribution >= 4 is 0 Å². The lowest BCUT2D eigenvalue weighted by molar-refractivity contribution is 0.151. The molecule has 0 radical (unpaired) electrons. The summed E-state index contributed by atoms with van der Waals surface area (Å²) >= 11 is 0. The lowest BCUT2D eigenvalue weighted by Gasteiger charge is -2.16. The van der Waals surface area contributed by atoms with Crippen LogP contribution in [0.1, 0.15) is 29.2 Å². The summed E-state index contributed by atoms with van der Waals surface area (Å²) in [6.07, 6.45) is -1.31. The molecule has 0 unspecified atom stereocenters. The van der Waals surface area contributed by atoms with E-state index in [2.05, 4.69) is 9.88 Å². The fourth-order valence-electron chi connectivity index (χ4n) is 3.04. The van der Waals surface area contributed by atoms with E-state index < -0.39 is 6.43 Å². The second-order valence-corrected chi connectivity index (χ2v) is 5.87. The number of aromatic nitrogens is 1. The van der Waals surface area contributed by atoms with Gasteiger partial charge >= 0.3 is 0 Å². The SMILES string of the molecule is N[C@@H]1CN(Cc2ccc(C(F)F)cn2)C[C@H]1c1ccccc1F. The number of nitrogens with two attached hydrogens (primary N) is 1. The second-order valence-electron chi connectivity index (χ2n) is 5.87. The molecule has 3 rings (SSSR count). The molecular formula is C17H18F3N3. The van der Waals surface area contributed by atoms with Crippen molar-refractivity contribution in [3.05, 3.63) is 65.2 Å². The third-order valence-electron chi connectivity index (χ3n) is 4.23. The van der Waals surface area contributed by atoms with Crippen molar-refractivity contribution in [1.29, 1.82) is 0 Å². The van der Waals surface area contributed by atoms with Crippen molar-refractivity contribution in [2.45, 2.75) is 24.9 Å². The van der Waals surface area contributed by atoms with Gasteiger partial charge in [0.05, 0.1) is 5.69 Å². The molecule has 1 fully saturated rings. The van der Waals surface area contributed by atoms with Crippen LogP contribution in [0.4, 0.5) is 13.2 Å². The molecule has 0 amide bonds. The molecule has 122 valence electrons. The van der Waals surface area contributed by atoms with Crippen molar-refractivity contribution in [1.82, 2.24) is 9.88 Å². The van der Waals surface area contributed by atoms with Gasteiger partial charge in [-0.2, -0.15) is 0 Å². The highest BCUT2D eigenvalue weighted by molar-refractivity contribution is 5.25. The van der Waals surface area contributed by atoms with Crippen LogP contribution in [0.2, 0.25) is 0 Å². The van der Waals surface area contributed by atoms with Crippen LogP contribution in [0, 0.1) is 5.82 Å². The van der Waals surface area contributed by atoms with E-state index in [0.717, 1.165) is 0 Å². The first kappa shape index (κ1) is 16.0. The van der Waals surface area contributed by atoms with E-state index in [4.69, 9.17) is 5.73 Å². The van der Waals surface area contributed by atoms with Gasteiger partial charge in [-0.05, 0) is 23.8 Å². The zero-order chi connectivity index (χ0) is 16.4. The maximum Gasteiger partial charge on any atom is 0.265 e. The number of rotatable bonds is 4. The summed E-state index contributed by atoms with van der Waals surface area (Å²) in [6.45, 7) is 1.76. The minimum Gasteiger partial charge on any atom is -0.326 e. The normalized spacial score (nSPS) is 22.0. The number of benzene rings is 1. The molecule has 0 saturated carbocycles. The standard InChI is InChI=1S/C17H18F3N3/c18-15-4-2-1-3-13(15)14-9-23(10-16(14)21)8-12-6-5-11(7-22-12)17(19)20/h1-7,14,16-17H,8-10,21H2/t14-,16+/m0/s1. The quantitative estimate of drug-likeness (QED) is 0.941. The fraction of sp³-hybridized carbons (Fsp3) is 0.353. The van der Waals surface area contributed by atoms with Gasteiger partial charge in [0.15, 0.2) is 0 Å². The smallest absolute Gasteiger partial charge is 0.265 e. The largest absolute Gasteiger partial charge is 0.326 e. The maximum absolute atomic E-state index is 13.9. The number of alkyl halides is 2. The van der Waals surface area contributed by atoms with E-state index in [1.165, 1.54) is 18.3 Å². The predicted octanol–water partition coefficient (Wildman–Crippen LogP) is 3.09. The molecule has 2 N–H and O–H groups in total. The van der Waals surface area contributed by atoms with Gasteiger partial charge in [-0.1, -0.05) is 18.2 Å². The average molecular weight is 321 g/mol. The van der Waals surface area contributed by atoms with Crippen LogP contribution in [0.15, 0.2) is 42.6 Å². The Bertz CT molecular complexity index is 660. The highest BCUT2D eigenvalue weighted by atomic mass is 19.3. The van der Waals surface area contributed by atoms with Crippen molar-refractivity contribution < 1.29 is 13.2 Å². The van der Waals surface area contributed by atoms with E-state index in [-0.39, 0.29) is 23.3 Å². The van der Waals surface area contributed by atoms with E-state index >= 15 is 0 Å². The summed E-state index contributed by atoms with van der Waals surface area (Å²) in [6, 6.07) is 9.49. The molecule has 1 aromatic heterocycles.